The molecule has 0 saturated carbocycles. The zero-order valence-electron chi connectivity index (χ0n) is 24.2. The van der Waals surface area contributed by atoms with E-state index in [0.717, 1.165) is 61.9 Å². The molecule has 44 heavy (non-hydrogen) atoms. The number of benzene rings is 2. The van der Waals surface area contributed by atoms with Gasteiger partial charge in [0.1, 0.15) is 30.0 Å². The molecule has 0 unspecified atom stereocenters. The third kappa shape index (κ3) is 6.49. The van der Waals surface area contributed by atoms with E-state index in [-0.39, 0.29) is 41.7 Å². The normalized spacial score (nSPS) is 17.2. The van der Waals surface area contributed by atoms with Gasteiger partial charge < -0.3 is 23.5 Å². The topological polar surface area (TPSA) is 112 Å². The standard InChI is InChI=1S/C32H31F2N5O5/c1-41-32(40)21-3-5-26-28(15-21)39(17-23-10-13-42-23)30(36-26)18-38-11-8-22(9-12-38)44-31-7-4-24(33)27(37-31)19-43-29-6-2-20(16-35)14-25(29)34/h2-7,14-15,22-23H,8-13,17-19H2,1H3/t23-/m0/s1. The molecule has 4 heterocycles. The van der Waals surface area contributed by atoms with Gasteiger partial charge in [0.2, 0.25) is 5.88 Å². The summed E-state index contributed by atoms with van der Waals surface area (Å²) >= 11 is 0. The van der Waals surface area contributed by atoms with Crippen LogP contribution in [0.2, 0.25) is 0 Å². The molecule has 4 aromatic rings. The minimum absolute atomic E-state index is 0.00611. The van der Waals surface area contributed by atoms with Gasteiger partial charge in [0.05, 0.1) is 54.5 Å². The van der Waals surface area contributed by atoms with Crippen molar-refractivity contribution in [1.29, 1.82) is 5.26 Å². The first-order valence-electron chi connectivity index (χ1n) is 14.5. The number of ether oxygens (including phenoxy) is 4. The molecule has 2 aliphatic heterocycles. The molecule has 10 nitrogen and oxygen atoms in total. The molecule has 1 atom stereocenters. The highest BCUT2D eigenvalue weighted by Gasteiger charge is 2.26. The first-order valence-corrected chi connectivity index (χ1v) is 14.5. The van der Waals surface area contributed by atoms with Crippen LogP contribution in [0.15, 0.2) is 48.5 Å². The average Bonchev–Trinajstić information content (AvgIpc) is 3.35. The fourth-order valence-corrected chi connectivity index (χ4v) is 5.39. The second kappa shape index (κ2) is 13.0. The number of fused-ring (bicyclic) bond motifs is 1. The lowest BCUT2D eigenvalue weighted by molar-refractivity contribution is -0.0592. The SMILES string of the molecule is COC(=O)c1ccc2nc(CN3CCC(Oc4ccc(F)c(COc5ccc(C#N)cc5F)n4)CC3)n(C[C@@H]3CCO3)c2c1. The molecule has 0 spiro atoms. The Morgan fingerprint density at radius 3 is 2.59 bits per heavy atom. The summed E-state index contributed by atoms with van der Waals surface area (Å²) in [7, 11) is 1.37. The molecule has 2 aliphatic rings. The third-order valence-corrected chi connectivity index (χ3v) is 7.93. The van der Waals surface area contributed by atoms with Crippen molar-refractivity contribution in [3.8, 4) is 17.7 Å². The number of pyridine rings is 1. The molecule has 0 radical (unpaired) electrons. The van der Waals surface area contributed by atoms with Gasteiger partial charge in [0, 0.05) is 25.8 Å². The summed E-state index contributed by atoms with van der Waals surface area (Å²) in [6.07, 6.45) is 2.46. The number of hydrogen-bond acceptors (Lipinski definition) is 9. The zero-order valence-corrected chi connectivity index (χ0v) is 24.2. The monoisotopic (exact) mass is 603 g/mol. The summed E-state index contributed by atoms with van der Waals surface area (Å²) in [5.41, 5.74) is 2.32. The molecule has 0 amide bonds. The van der Waals surface area contributed by atoms with Crippen LogP contribution in [-0.2, 0) is 29.2 Å². The van der Waals surface area contributed by atoms with Crippen molar-refractivity contribution in [3.63, 3.8) is 0 Å². The van der Waals surface area contributed by atoms with E-state index in [1.54, 1.807) is 6.07 Å². The van der Waals surface area contributed by atoms with Gasteiger partial charge in [0.15, 0.2) is 11.6 Å². The molecule has 2 aromatic carbocycles. The van der Waals surface area contributed by atoms with Crippen LogP contribution in [0.5, 0.6) is 11.6 Å². The summed E-state index contributed by atoms with van der Waals surface area (Å²) in [6, 6.07) is 13.8. The molecule has 2 saturated heterocycles. The average molecular weight is 604 g/mol. The van der Waals surface area contributed by atoms with Crippen LogP contribution in [0, 0.1) is 23.0 Å². The van der Waals surface area contributed by atoms with Crippen LogP contribution in [0.25, 0.3) is 11.0 Å². The second-order valence-electron chi connectivity index (χ2n) is 10.8. The zero-order chi connectivity index (χ0) is 30.6. The molecule has 0 N–H and O–H groups in total. The van der Waals surface area contributed by atoms with Crippen molar-refractivity contribution in [2.45, 2.75) is 51.2 Å². The molecule has 0 bridgehead atoms. The van der Waals surface area contributed by atoms with Gasteiger partial charge in [-0.05, 0) is 61.7 Å². The summed E-state index contributed by atoms with van der Waals surface area (Å²) < 4.78 is 52.9. The Labute approximate surface area is 252 Å². The van der Waals surface area contributed by atoms with Gasteiger partial charge in [-0.2, -0.15) is 5.26 Å². The fourth-order valence-electron chi connectivity index (χ4n) is 5.39. The molecule has 2 fully saturated rings. The molecule has 12 heteroatoms. The number of nitriles is 1. The number of nitrogens with zero attached hydrogens (tertiary/aromatic N) is 5. The lowest BCUT2D eigenvalue weighted by Gasteiger charge is -2.32. The molecular weight excluding hydrogens is 572 g/mol. The number of halogens is 2. The smallest absolute Gasteiger partial charge is 0.337 e. The predicted molar refractivity (Wildman–Crippen MR) is 154 cm³/mol. The number of esters is 1. The number of carbonyl (C=O) groups is 1. The van der Waals surface area contributed by atoms with Crippen LogP contribution in [0.4, 0.5) is 8.78 Å². The first-order chi connectivity index (χ1) is 21.4. The van der Waals surface area contributed by atoms with Crippen molar-refractivity contribution < 1.29 is 32.5 Å². The predicted octanol–water partition coefficient (Wildman–Crippen LogP) is 4.78. The number of piperidine rings is 1. The van der Waals surface area contributed by atoms with E-state index < -0.39 is 17.6 Å². The van der Waals surface area contributed by atoms with Gasteiger partial charge in [-0.3, -0.25) is 4.90 Å². The number of likely N-dealkylation sites (tertiary alicyclic amines) is 1. The highest BCUT2D eigenvalue weighted by molar-refractivity contribution is 5.93. The van der Waals surface area contributed by atoms with E-state index in [2.05, 4.69) is 14.5 Å². The highest BCUT2D eigenvalue weighted by Crippen LogP contribution is 2.26. The quantitative estimate of drug-likeness (QED) is 0.237. The number of aromatic nitrogens is 3. The Morgan fingerprint density at radius 2 is 1.89 bits per heavy atom. The largest absolute Gasteiger partial charge is 0.484 e. The van der Waals surface area contributed by atoms with Crippen LogP contribution in [0.1, 0.15) is 46.7 Å². The van der Waals surface area contributed by atoms with Crippen LogP contribution in [-0.4, -0.2) is 64.4 Å². The lowest BCUT2D eigenvalue weighted by Crippen LogP contribution is -2.39. The van der Waals surface area contributed by atoms with Gasteiger partial charge in [-0.25, -0.2) is 23.5 Å². The minimum atomic E-state index is -0.707. The van der Waals surface area contributed by atoms with Crippen molar-refractivity contribution in [3.05, 3.63) is 82.8 Å². The van der Waals surface area contributed by atoms with Crippen molar-refractivity contribution >= 4 is 17.0 Å². The molecule has 2 aromatic heterocycles. The minimum Gasteiger partial charge on any atom is -0.484 e. The van der Waals surface area contributed by atoms with Gasteiger partial charge >= 0.3 is 5.97 Å². The summed E-state index contributed by atoms with van der Waals surface area (Å²) in [4.78, 5) is 23.6. The number of methoxy groups -OCH3 is 1. The van der Waals surface area contributed by atoms with E-state index in [4.69, 9.17) is 29.2 Å². The Bertz CT molecular complexity index is 1710. The number of carbonyl (C=O) groups excluding carboxylic acids is 1. The van der Waals surface area contributed by atoms with Gasteiger partial charge in [-0.15, -0.1) is 0 Å². The maximum atomic E-state index is 14.4. The number of imidazole rings is 1. The highest BCUT2D eigenvalue weighted by atomic mass is 19.1. The lowest BCUT2D eigenvalue weighted by atomic mass is 10.1. The van der Waals surface area contributed by atoms with E-state index in [1.165, 1.54) is 31.4 Å². The van der Waals surface area contributed by atoms with Crippen molar-refractivity contribution in [1.82, 2.24) is 19.4 Å². The Morgan fingerprint density at radius 1 is 1.07 bits per heavy atom. The van der Waals surface area contributed by atoms with Crippen LogP contribution in [0.3, 0.4) is 0 Å². The maximum Gasteiger partial charge on any atom is 0.337 e. The van der Waals surface area contributed by atoms with E-state index in [9.17, 15) is 13.6 Å². The van der Waals surface area contributed by atoms with Gasteiger partial charge in [0.25, 0.3) is 0 Å². The molecular formula is C32H31F2N5O5. The van der Waals surface area contributed by atoms with Gasteiger partial charge in [-0.1, -0.05) is 0 Å². The van der Waals surface area contributed by atoms with E-state index in [0.29, 0.717) is 18.7 Å². The van der Waals surface area contributed by atoms with E-state index >= 15 is 0 Å². The van der Waals surface area contributed by atoms with Crippen molar-refractivity contribution in [2.24, 2.45) is 0 Å². The van der Waals surface area contributed by atoms with Crippen molar-refractivity contribution in [2.75, 3.05) is 26.8 Å². The second-order valence-corrected chi connectivity index (χ2v) is 10.8. The molecule has 228 valence electrons. The summed E-state index contributed by atoms with van der Waals surface area (Å²) in [6.45, 7) is 3.27. The summed E-state index contributed by atoms with van der Waals surface area (Å²) in [5.74, 6) is -0.607. The van der Waals surface area contributed by atoms with Crippen LogP contribution >= 0.6 is 0 Å². The maximum absolute atomic E-state index is 14.4. The Balaban J connectivity index is 1.08. The molecule has 6 rings (SSSR count). The Hall–Kier alpha value is -4.60. The fraction of sp³-hybridized carbons (Fsp3) is 0.375. The number of rotatable bonds is 10. The summed E-state index contributed by atoms with van der Waals surface area (Å²) in [5, 5.41) is 8.90. The number of hydrogen-bond donors (Lipinski definition) is 0. The van der Waals surface area contributed by atoms with Crippen LogP contribution < -0.4 is 9.47 Å². The Kier molecular flexibility index (Phi) is 8.67. The van der Waals surface area contributed by atoms with E-state index in [1.807, 2.05) is 18.2 Å². The molecule has 0 aliphatic carbocycles. The third-order valence-electron chi connectivity index (χ3n) is 7.93. The first kappa shape index (κ1) is 29.5.